The minimum atomic E-state index is 0.833. The lowest BCUT2D eigenvalue weighted by Crippen LogP contribution is -1.66. The number of nitrogens with zero attached hydrogens (tertiary/aromatic N) is 3. The van der Waals surface area contributed by atoms with Crippen molar-refractivity contribution in [2.45, 2.75) is 76.2 Å². The number of aryl methyl sites for hydroxylation is 2. The lowest BCUT2D eigenvalue weighted by molar-refractivity contribution is 0.736. The van der Waals surface area contributed by atoms with Crippen molar-refractivity contribution in [1.29, 1.82) is 0 Å². The summed E-state index contributed by atoms with van der Waals surface area (Å²) in [6, 6.07) is 0. The maximum atomic E-state index is 3.86. The third-order valence-electron chi connectivity index (χ3n) is 1.68. The molecule has 0 saturated heterocycles. The van der Waals surface area contributed by atoms with Gasteiger partial charge in [-0.2, -0.15) is 0 Å². The van der Waals surface area contributed by atoms with Crippen molar-refractivity contribution >= 4 is 0 Å². The molecule has 0 aromatic carbocycles. The van der Waals surface area contributed by atoms with Crippen molar-refractivity contribution < 1.29 is 0 Å². The molecular formula is C23H46N6. The molecule has 0 aliphatic rings. The Labute approximate surface area is 179 Å². The van der Waals surface area contributed by atoms with Gasteiger partial charge < -0.3 is 15.0 Å². The van der Waals surface area contributed by atoms with Gasteiger partial charge in [-0.05, 0) is 31.6 Å². The topological polar surface area (TPSA) is 86.0 Å². The monoisotopic (exact) mass is 406 g/mol. The summed E-state index contributed by atoms with van der Waals surface area (Å²) >= 11 is 0. The molecule has 0 unspecified atom stereocenters. The minimum Gasteiger partial charge on any atom is -0.351 e. The lowest BCUT2D eigenvalue weighted by Gasteiger charge is -1.79. The van der Waals surface area contributed by atoms with Crippen LogP contribution >= 0.6 is 0 Å². The van der Waals surface area contributed by atoms with Gasteiger partial charge in [-0.15, -0.1) is 0 Å². The van der Waals surface area contributed by atoms with Crippen LogP contribution in [0.5, 0.6) is 0 Å². The smallest absolute Gasteiger partial charge is 0.102 e. The molecular weight excluding hydrogens is 360 g/mol. The van der Waals surface area contributed by atoms with E-state index < -0.39 is 0 Å². The summed E-state index contributed by atoms with van der Waals surface area (Å²) in [5.74, 6) is 3.47. The van der Waals surface area contributed by atoms with Crippen LogP contribution in [0.1, 0.15) is 73.8 Å². The Morgan fingerprint density at radius 2 is 1.17 bits per heavy atom. The highest BCUT2D eigenvalue weighted by molar-refractivity contribution is 4.87. The fourth-order valence-corrected chi connectivity index (χ4v) is 0.885. The van der Waals surface area contributed by atoms with Gasteiger partial charge in [0.15, 0.2) is 0 Å². The van der Waals surface area contributed by atoms with Gasteiger partial charge in [0.25, 0.3) is 0 Å². The maximum absolute atomic E-state index is 3.86. The molecule has 0 aliphatic carbocycles. The van der Waals surface area contributed by atoms with Gasteiger partial charge in [0.1, 0.15) is 5.82 Å². The van der Waals surface area contributed by atoms with Gasteiger partial charge in [-0.3, -0.25) is 0 Å². The van der Waals surface area contributed by atoms with Crippen LogP contribution in [0.4, 0.5) is 0 Å². The zero-order chi connectivity index (χ0) is 23.1. The van der Waals surface area contributed by atoms with E-state index in [1.54, 1.807) is 43.6 Å². The fourth-order valence-electron chi connectivity index (χ4n) is 0.885. The van der Waals surface area contributed by atoms with Crippen molar-refractivity contribution in [3.05, 3.63) is 55.2 Å². The number of hydrogen-bond acceptors (Lipinski definition) is 3. The Bertz CT molecular complexity index is 495. The van der Waals surface area contributed by atoms with Gasteiger partial charge >= 0.3 is 0 Å². The molecule has 0 radical (unpaired) electrons. The number of aromatic nitrogens is 6. The van der Waals surface area contributed by atoms with Crippen LogP contribution in [0.3, 0.4) is 0 Å². The Hall–Kier alpha value is -2.37. The molecule has 0 fully saturated rings. The van der Waals surface area contributed by atoms with E-state index in [0.717, 1.165) is 29.3 Å². The van der Waals surface area contributed by atoms with Crippen molar-refractivity contribution in [1.82, 2.24) is 29.9 Å². The standard InChI is InChI=1S/2C4H6N2.3C4H10.C3H4N2/c1-4-2-5-3-6-4;1-4-5-2-3-6-4;3*1-4(2)3;1-2-5-3-4-1/h2*2-3H,1H3,(H,5,6);3*4H,1-3H3;1-3H,(H,4,5). The van der Waals surface area contributed by atoms with E-state index in [0.29, 0.717) is 0 Å². The number of H-pyrrole nitrogens is 3. The van der Waals surface area contributed by atoms with E-state index in [-0.39, 0.29) is 0 Å². The third kappa shape index (κ3) is 51.7. The highest BCUT2D eigenvalue weighted by Gasteiger charge is 1.74. The molecule has 3 aromatic heterocycles. The first-order valence-corrected chi connectivity index (χ1v) is 10.3. The summed E-state index contributed by atoms with van der Waals surface area (Å²) in [6.45, 7) is 23.4. The third-order valence-corrected chi connectivity index (χ3v) is 1.68. The predicted molar refractivity (Wildman–Crippen MR) is 127 cm³/mol. The first kappa shape index (κ1) is 31.3. The highest BCUT2D eigenvalue weighted by atomic mass is 14.9. The average molecular weight is 407 g/mol. The van der Waals surface area contributed by atoms with Crippen LogP contribution in [-0.4, -0.2) is 29.9 Å². The molecule has 3 rings (SSSR count). The molecule has 0 atom stereocenters. The van der Waals surface area contributed by atoms with E-state index in [9.17, 15) is 0 Å². The van der Waals surface area contributed by atoms with E-state index in [4.69, 9.17) is 0 Å². The molecule has 3 N–H and O–H groups in total. The Kier molecular flexibility index (Phi) is 25.6. The van der Waals surface area contributed by atoms with Crippen LogP contribution in [0.15, 0.2) is 43.6 Å². The molecule has 168 valence electrons. The number of imidazole rings is 3. The van der Waals surface area contributed by atoms with Crippen LogP contribution in [0.2, 0.25) is 0 Å². The van der Waals surface area contributed by atoms with E-state index in [1.807, 2.05) is 13.8 Å². The summed E-state index contributed by atoms with van der Waals surface area (Å²) in [7, 11) is 0. The number of hydrogen-bond donors (Lipinski definition) is 3. The molecule has 3 aromatic rings. The average Bonchev–Trinajstić information content (AvgIpc) is 3.30. The van der Waals surface area contributed by atoms with Crippen molar-refractivity contribution in [3.63, 3.8) is 0 Å². The molecule has 0 saturated carbocycles. The van der Waals surface area contributed by atoms with Crippen LogP contribution in [0.25, 0.3) is 0 Å². The quantitative estimate of drug-likeness (QED) is 0.382. The van der Waals surface area contributed by atoms with E-state index >= 15 is 0 Å². The Morgan fingerprint density at radius 3 is 1.28 bits per heavy atom. The van der Waals surface area contributed by atoms with Gasteiger partial charge in [-0.1, -0.05) is 62.3 Å². The van der Waals surface area contributed by atoms with Crippen LogP contribution in [0, 0.1) is 31.6 Å². The summed E-state index contributed by atoms with van der Waals surface area (Å²) in [4.78, 5) is 19.8. The van der Waals surface area contributed by atoms with Gasteiger partial charge in [0.2, 0.25) is 0 Å². The van der Waals surface area contributed by atoms with Crippen LogP contribution < -0.4 is 0 Å². The lowest BCUT2D eigenvalue weighted by atomic mass is 10.3. The fraction of sp³-hybridized carbons (Fsp3) is 0.609. The largest absolute Gasteiger partial charge is 0.351 e. The summed E-state index contributed by atoms with van der Waals surface area (Å²) < 4.78 is 0. The van der Waals surface area contributed by atoms with Gasteiger partial charge in [0, 0.05) is 36.7 Å². The van der Waals surface area contributed by atoms with Crippen molar-refractivity contribution in [2.75, 3.05) is 0 Å². The summed E-state index contributed by atoms with van der Waals surface area (Å²) in [5.41, 5.74) is 1.11. The molecule has 6 nitrogen and oxygen atoms in total. The normalized spacial score (nSPS) is 8.76. The first-order valence-electron chi connectivity index (χ1n) is 10.3. The molecule has 0 bridgehead atoms. The highest BCUT2D eigenvalue weighted by Crippen LogP contribution is 1.82. The van der Waals surface area contributed by atoms with Gasteiger partial charge in [0.05, 0.1) is 12.7 Å². The second-order valence-corrected chi connectivity index (χ2v) is 8.37. The van der Waals surface area contributed by atoms with Crippen molar-refractivity contribution in [3.8, 4) is 0 Å². The maximum Gasteiger partial charge on any atom is 0.102 e. The SMILES string of the molecule is CC(C)C.CC(C)C.CC(C)C.Cc1cnc[nH]1.Cc1ncc[nH]1.c1c[nH]cn1. The zero-order valence-corrected chi connectivity index (χ0v) is 20.6. The molecule has 0 spiro atoms. The number of aromatic amines is 3. The zero-order valence-electron chi connectivity index (χ0n) is 20.6. The Balaban J connectivity index is -0.000000283. The first-order chi connectivity index (χ1) is 13.5. The van der Waals surface area contributed by atoms with E-state index in [1.165, 1.54) is 0 Å². The summed E-state index contributed by atoms with van der Waals surface area (Å²) in [5, 5.41) is 0. The van der Waals surface area contributed by atoms with Crippen LogP contribution in [-0.2, 0) is 0 Å². The molecule has 0 amide bonds. The molecule has 3 heterocycles. The number of nitrogens with one attached hydrogen (secondary N) is 3. The van der Waals surface area contributed by atoms with Gasteiger partial charge in [-0.25, -0.2) is 15.0 Å². The predicted octanol–water partition coefficient (Wildman–Crippen LogP) is 6.83. The number of rotatable bonds is 0. The Morgan fingerprint density at radius 1 is 0.655 bits per heavy atom. The molecule has 6 heteroatoms. The van der Waals surface area contributed by atoms with E-state index in [2.05, 4.69) is 92.2 Å². The summed E-state index contributed by atoms with van der Waals surface area (Å²) in [6.07, 6.45) is 12.1. The van der Waals surface area contributed by atoms with Crippen molar-refractivity contribution in [2.24, 2.45) is 17.8 Å². The molecule has 0 aliphatic heterocycles. The second-order valence-electron chi connectivity index (χ2n) is 8.37. The second kappa shape index (κ2) is 23.7. The molecule has 29 heavy (non-hydrogen) atoms. The minimum absolute atomic E-state index is 0.833.